The maximum atomic E-state index is 9.42. The fraction of sp³-hybridized carbons (Fsp3) is 0.368. The van der Waals surface area contributed by atoms with Gasteiger partial charge in [-0.3, -0.25) is 0 Å². The summed E-state index contributed by atoms with van der Waals surface area (Å²) >= 11 is 0. The summed E-state index contributed by atoms with van der Waals surface area (Å²) in [6.45, 7) is 2.50. The lowest BCUT2D eigenvalue weighted by Gasteiger charge is -2.12. The molecule has 3 N–H and O–H groups in total. The highest BCUT2D eigenvalue weighted by Gasteiger charge is 2.24. The number of hydrogen-bond donors (Lipinski definition) is 3. The first kappa shape index (κ1) is 19.8. The van der Waals surface area contributed by atoms with Gasteiger partial charge in [-0.15, -0.1) is 0 Å². The smallest absolute Gasteiger partial charge is 0.184 e. The van der Waals surface area contributed by atoms with Crippen molar-refractivity contribution in [2.24, 2.45) is 0 Å². The summed E-state index contributed by atoms with van der Waals surface area (Å²) < 4.78 is 20.8. The van der Waals surface area contributed by atoms with Crippen molar-refractivity contribution in [3.8, 4) is 23.0 Å². The Bertz CT molecular complexity index is 717. The van der Waals surface area contributed by atoms with Gasteiger partial charge in [0.2, 0.25) is 0 Å². The van der Waals surface area contributed by atoms with E-state index in [0.29, 0.717) is 18.1 Å². The molecule has 1 heterocycles. The van der Waals surface area contributed by atoms with E-state index in [2.05, 4.69) is 0 Å². The van der Waals surface area contributed by atoms with Gasteiger partial charge in [0.15, 0.2) is 29.3 Å². The molecular weight excluding hydrogens is 340 g/mol. The highest BCUT2D eigenvalue weighted by Crippen LogP contribution is 2.33. The molecule has 0 aromatic heterocycles. The molecule has 0 bridgehead atoms. The Labute approximate surface area is 152 Å². The van der Waals surface area contributed by atoms with Crippen molar-refractivity contribution in [1.29, 1.82) is 0 Å². The number of aliphatic hydroxyl groups is 1. The van der Waals surface area contributed by atoms with Crippen molar-refractivity contribution in [3.63, 3.8) is 0 Å². The normalized spacial score (nSPS) is 18.8. The molecule has 1 aliphatic heterocycles. The van der Waals surface area contributed by atoms with Gasteiger partial charge in [-0.2, -0.15) is 0 Å². The Kier molecular flexibility index (Phi) is 7.08. The molecule has 2 aromatic carbocycles. The van der Waals surface area contributed by atoms with Crippen LogP contribution in [0.1, 0.15) is 24.3 Å². The second kappa shape index (κ2) is 9.28. The van der Waals surface area contributed by atoms with Crippen LogP contribution in [0.5, 0.6) is 23.0 Å². The van der Waals surface area contributed by atoms with Crippen LogP contribution in [0.3, 0.4) is 0 Å². The van der Waals surface area contributed by atoms with Gasteiger partial charge in [0.1, 0.15) is 0 Å². The molecule has 2 atom stereocenters. The number of phenols is 2. The van der Waals surface area contributed by atoms with Crippen molar-refractivity contribution >= 4 is 0 Å². The van der Waals surface area contributed by atoms with Gasteiger partial charge in [0, 0.05) is 5.56 Å². The first-order chi connectivity index (χ1) is 12.5. The highest BCUT2D eigenvalue weighted by atomic mass is 16.7. The third kappa shape index (κ3) is 5.01. The SMILES string of the molecule is COc1cc(C2OCC(C)O2)ccc1O.COc1cc(CO)ccc1O. The summed E-state index contributed by atoms with van der Waals surface area (Å²) in [5.41, 5.74) is 1.58. The highest BCUT2D eigenvalue weighted by molar-refractivity contribution is 5.42. The van der Waals surface area contributed by atoms with Crippen molar-refractivity contribution in [2.75, 3.05) is 20.8 Å². The Morgan fingerprint density at radius 1 is 1.00 bits per heavy atom. The Balaban J connectivity index is 0.000000197. The van der Waals surface area contributed by atoms with Crippen LogP contribution in [-0.2, 0) is 16.1 Å². The first-order valence-electron chi connectivity index (χ1n) is 8.09. The fourth-order valence-corrected chi connectivity index (χ4v) is 2.35. The second-order valence-electron chi connectivity index (χ2n) is 5.71. The molecule has 1 saturated heterocycles. The average Bonchev–Trinajstić information content (AvgIpc) is 3.09. The number of aromatic hydroxyl groups is 2. The maximum Gasteiger partial charge on any atom is 0.184 e. The molecule has 142 valence electrons. The van der Waals surface area contributed by atoms with Crippen LogP contribution >= 0.6 is 0 Å². The monoisotopic (exact) mass is 364 g/mol. The molecule has 1 fully saturated rings. The maximum absolute atomic E-state index is 9.42. The van der Waals surface area contributed by atoms with Gasteiger partial charge in [-0.05, 0) is 36.8 Å². The van der Waals surface area contributed by atoms with Crippen LogP contribution in [0.25, 0.3) is 0 Å². The molecule has 3 rings (SSSR count). The van der Waals surface area contributed by atoms with E-state index in [4.69, 9.17) is 29.2 Å². The Hall–Kier alpha value is -2.48. The minimum Gasteiger partial charge on any atom is -0.504 e. The molecule has 0 amide bonds. The van der Waals surface area contributed by atoms with Crippen LogP contribution in [0, 0.1) is 0 Å². The lowest BCUT2D eigenvalue weighted by molar-refractivity contribution is -0.0573. The van der Waals surface area contributed by atoms with Gasteiger partial charge in [-0.25, -0.2) is 0 Å². The molecule has 0 aliphatic carbocycles. The van der Waals surface area contributed by atoms with Crippen LogP contribution in [0.15, 0.2) is 36.4 Å². The quantitative estimate of drug-likeness (QED) is 0.767. The van der Waals surface area contributed by atoms with Crippen LogP contribution in [0.2, 0.25) is 0 Å². The summed E-state index contributed by atoms with van der Waals surface area (Å²) in [6.07, 6.45) is -0.246. The number of aliphatic hydroxyl groups excluding tert-OH is 1. The van der Waals surface area contributed by atoms with Crippen LogP contribution < -0.4 is 9.47 Å². The zero-order valence-corrected chi connectivity index (χ0v) is 15.0. The van der Waals surface area contributed by atoms with Gasteiger partial charge in [0.05, 0.1) is 33.5 Å². The molecule has 26 heavy (non-hydrogen) atoms. The standard InChI is InChI=1S/C11H14O4.C8H10O3/c1-7-6-14-11(15-7)8-3-4-9(12)10(5-8)13-2;1-11-8-4-6(5-9)2-3-7(8)10/h3-5,7,11-12H,6H2,1-2H3;2-4,9-10H,5H2,1H3. The van der Waals surface area contributed by atoms with Gasteiger partial charge in [0.25, 0.3) is 0 Å². The predicted molar refractivity (Wildman–Crippen MR) is 94.5 cm³/mol. The molecule has 7 heteroatoms. The number of methoxy groups -OCH3 is 2. The van der Waals surface area contributed by atoms with Crippen molar-refractivity contribution in [2.45, 2.75) is 25.9 Å². The summed E-state index contributed by atoms with van der Waals surface area (Å²) in [5.74, 6) is 1.02. The summed E-state index contributed by atoms with van der Waals surface area (Å²) in [6, 6.07) is 9.78. The van der Waals surface area contributed by atoms with E-state index < -0.39 is 0 Å². The summed E-state index contributed by atoms with van der Waals surface area (Å²) in [4.78, 5) is 0. The van der Waals surface area contributed by atoms with Crippen molar-refractivity contribution in [1.82, 2.24) is 0 Å². The van der Waals surface area contributed by atoms with E-state index >= 15 is 0 Å². The zero-order valence-electron chi connectivity index (χ0n) is 15.0. The molecule has 0 spiro atoms. The fourth-order valence-electron chi connectivity index (χ4n) is 2.35. The van der Waals surface area contributed by atoms with E-state index in [0.717, 1.165) is 11.1 Å². The minimum atomic E-state index is -0.352. The average molecular weight is 364 g/mol. The van der Waals surface area contributed by atoms with E-state index in [1.54, 1.807) is 30.3 Å². The third-order valence-electron chi connectivity index (χ3n) is 3.74. The summed E-state index contributed by atoms with van der Waals surface area (Å²) in [5, 5.41) is 27.3. The molecule has 2 unspecified atom stereocenters. The number of benzene rings is 2. The first-order valence-corrected chi connectivity index (χ1v) is 8.09. The topological polar surface area (TPSA) is 97.6 Å². The molecule has 0 saturated carbocycles. The summed E-state index contributed by atoms with van der Waals surface area (Å²) in [7, 11) is 2.98. The molecular formula is C19H24O7. The Morgan fingerprint density at radius 3 is 2.15 bits per heavy atom. The minimum absolute atomic E-state index is 0.0450. The van der Waals surface area contributed by atoms with Crippen molar-refractivity contribution < 1.29 is 34.3 Å². The number of rotatable bonds is 4. The van der Waals surface area contributed by atoms with Gasteiger partial charge >= 0.3 is 0 Å². The Morgan fingerprint density at radius 2 is 1.62 bits per heavy atom. The predicted octanol–water partition coefficient (Wildman–Crippen LogP) is 2.73. The third-order valence-corrected chi connectivity index (χ3v) is 3.74. The second-order valence-corrected chi connectivity index (χ2v) is 5.71. The van der Waals surface area contributed by atoms with E-state index in [1.165, 1.54) is 20.3 Å². The van der Waals surface area contributed by atoms with Crippen molar-refractivity contribution in [3.05, 3.63) is 47.5 Å². The van der Waals surface area contributed by atoms with Crippen LogP contribution in [-0.4, -0.2) is 42.3 Å². The van der Waals surface area contributed by atoms with E-state index in [9.17, 15) is 5.11 Å². The lowest BCUT2D eigenvalue weighted by atomic mass is 10.2. The largest absolute Gasteiger partial charge is 0.504 e. The van der Waals surface area contributed by atoms with E-state index in [-0.39, 0.29) is 30.5 Å². The van der Waals surface area contributed by atoms with E-state index in [1.807, 2.05) is 6.92 Å². The lowest BCUT2D eigenvalue weighted by Crippen LogP contribution is -2.02. The number of hydrogen-bond acceptors (Lipinski definition) is 7. The zero-order chi connectivity index (χ0) is 19.1. The van der Waals surface area contributed by atoms with Gasteiger partial charge < -0.3 is 34.3 Å². The molecule has 1 aliphatic rings. The number of ether oxygens (including phenoxy) is 4. The van der Waals surface area contributed by atoms with Gasteiger partial charge in [-0.1, -0.05) is 12.1 Å². The molecule has 7 nitrogen and oxygen atoms in total. The number of phenolic OH excluding ortho intramolecular Hbond substituents is 2. The molecule has 0 radical (unpaired) electrons. The van der Waals surface area contributed by atoms with Crippen LogP contribution in [0.4, 0.5) is 0 Å². The molecule has 2 aromatic rings.